The molecule has 2 aromatic heterocycles. The summed E-state index contributed by atoms with van der Waals surface area (Å²) in [5.74, 6) is 0.0542. The summed E-state index contributed by atoms with van der Waals surface area (Å²) in [5, 5.41) is 14.8. The first-order valence-corrected chi connectivity index (χ1v) is 13.0. The molecular formula is C20H14Br2N4O2S3. The fourth-order valence-electron chi connectivity index (χ4n) is 2.53. The predicted molar refractivity (Wildman–Crippen MR) is 136 cm³/mol. The summed E-state index contributed by atoms with van der Waals surface area (Å²) >= 11 is 11.0. The van der Waals surface area contributed by atoms with Gasteiger partial charge in [0, 0.05) is 17.8 Å². The number of hydrogen-bond donors (Lipinski definition) is 2. The van der Waals surface area contributed by atoms with Gasteiger partial charge in [-0.25, -0.2) is 9.97 Å². The van der Waals surface area contributed by atoms with Gasteiger partial charge in [-0.3, -0.25) is 9.79 Å². The smallest absolute Gasteiger partial charge is 0.239 e. The Kier molecular flexibility index (Phi) is 7.07. The van der Waals surface area contributed by atoms with Crippen LogP contribution < -0.4 is 5.32 Å². The Morgan fingerprint density at radius 1 is 1.29 bits per heavy atom. The number of phenolic OH excluding ortho intramolecular Hbond substituents is 1. The molecule has 0 radical (unpaired) electrons. The molecule has 11 heteroatoms. The molecule has 4 aromatic rings. The molecule has 0 aliphatic rings. The van der Waals surface area contributed by atoms with Gasteiger partial charge in [-0.2, -0.15) is 0 Å². The second-order valence-electron chi connectivity index (χ2n) is 6.31. The molecule has 0 saturated carbocycles. The van der Waals surface area contributed by atoms with Crippen molar-refractivity contribution in [3.8, 4) is 5.75 Å². The SMILES string of the molecule is CC(Sc1nc2ccc(N=Cc3cc(Br)c(O)c(Br)c3)cc2s1)C(=O)Nc1nccs1. The maximum atomic E-state index is 12.3. The maximum Gasteiger partial charge on any atom is 0.239 e. The van der Waals surface area contributed by atoms with E-state index in [0.29, 0.717) is 14.1 Å². The number of benzene rings is 2. The summed E-state index contributed by atoms with van der Waals surface area (Å²) in [6.07, 6.45) is 3.39. The summed E-state index contributed by atoms with van der Waals surface area (Å²) in [4.78, 5) is 25.6. The largest absolute Gasteiger partial charge is 0.506 e. The van der Waals surface area contributed by atoms with Crippen molar-refractivity contribution < 1.29 is 9.90 Å². The first-order chi connectivity index (χ1) is 14.9. The van der Waals surface area contributed by atoms with Gasteiger partial charge in [-0.15, -0.1) is 22.7 Å². The molecule has 0 saturated heterocycles. The normalized spacial score (nSPS) is 12.5. The highest BCUT2D eigenvalue weighted by Crippen LogP contribution is 2.35. The number of aromatic hydroxyl groups is 1. The fourth-order valence-corrected chi connectivity index (χ4v) is 6.53. The van der Waals surface area contributed by atoms with Gasteiger partial charge >= 0.3 is 0 Å². The van der Waals surface area contributed by atoms with Crippen LogP contribution in [-0.4, -0.2) is 32.4 Å². The van der Waals surface area contributed by atoms with Crippen molar-refractivity contribution >= 4 is 99.5 Å². The standard InChI is InChI=1S/C20H14Br2N4O2S3/c1-10(18(28)26-19-23-4-5-29-19)30-20-25-15-3-2-12(8-16(15)31-20)24-9-11-6-13(21)17(27)14(22)7-11/h2-10,27H,1H3,(H,23,26,28). The molecule has 0 aliphatic heterocycles. The minimum absolute atomic E-state index is 0.101. The van der Waals surface area contributed by atoms with Gasteiger partial charge in [0.1, 0.15) is 5.75 Å². The number of anilines is 1. The van der Waals surface area contributed by atoms with E-state index in [1.807, 2.05) is 30.5 Å². The number of amides is 1. The lowest BCUT2D eigenvalue weighted by Gasteiger charge is -2.07. The molecule has 2 heterocycles. The zero-order chi connectivity index (χ0) is 22.0. The monoisotopic (exact) mass is 596 g/mol. The number of phenols is 1. The van der Waals surface area contributed by atoms with Crippen LogP contribution in [0.4, 0.5) is 10.8 Å². The Hall–Kier alpha value is -1.79. The summed E-state index contributed by atoms with van der Waals surface area (Å²) in [6, 6.07) is 9.38. The number of hydrogen-bond acceptors (Lipinski definition) is 8. The predicted octanol–water partition coefficient (Wildman–Crippen LogP) is 6.85. The summed E-state index contributed by atoms with van der Waals surface area (Å²) in [7, 11) is 0. The highest BCUT2D eigenvalue weighted by Gasteiger charge is 2.18. The van der Waals surface area contributed by atoms with E-state index in [9.17, 15) is 9.90 Å². The molecule has 4 rings (SSSR count). The number of halogens is 2. The van der Waals surface area contributed by atoms with Gasteiger partial charge in [-0.1, -0.05) is 11.8 Å². The van der Waals surface area contributed by atoms with Crippen LogP contribution >= 0.6 is 66.3 Å². The lowest BCUT2D eigenvalue weighted by molar-refractivity contribution is -0.115. The van der Waals surface area contributed by atoms with E-state index in [-0.39, 0.29) is 16.9 Å². The fraction of sp³-hybridized carbons (Fsp3) is 0.100. The number of carbonyl (C=O) groups excluding carboxylic acids is 1. The topological polar surface area (TPSA) is 87.5 Å². The van der Waals surface area contributed by atoms with Crippen molar-refractivity contribution in [1.82, 2.24) is 9.97 Å². The lowest BCUT2D eigenvalue weighted by Crippen LogP contribution is -2.22. The van der Waals surface area contributed by atoms with Crippen LogP contribution in [0.25, 0.3) is 10.2 Å². The van der Waals surface area contributed by atoms with Crippen LogP contribution in [0.3, 0.4) is 0 Å². The van der Waals surface area contributed by atoms with E-state index in [0.717, 1.165) is 25.8 Å². The van der Waals surface area contributed by atoms with Crippen molar-refractivity contribution in [2.24, 2.45) is 4.99 Å². The summed E-state index contributed by atoms with van der Waals surface area (Å²) in [5.41, 5.74) is 2.51. The van der Waals surface area contributed by atoms with Gasteiger partial charge < -0.3 is 10.4 Å². The lowest BCUT2D eigenvalue weighted by atomic mass is 10.2. The Morgan fingerprint density at radius 3 is 2.77 bits per heavy atom. The van der Waals surface area contributed by atoms with Crippen LogP contribution in [0.5, 0.6) is 5.75 Å². The zero-order valence-corrected chi connectivity index (χ0v) is 21.5. The number of carbonyl (C=O) groups is 1. The molecule has 0 fully saturated rings. The minimum atomic E-state index is -0.298. The third-order valence-corrected chi connectivity index (χ3v) is 8.17. The van der Waals surface area contributed by atoms with Crippen molar-refractivity contribution in [3.63, 3.8) is 0 Å². The zero-order valence-electron chi connectivity index (χ0n) is 15.9. The molecule has 158 valence electrons. The van der Waals surface area contributed by atoms with Crippen molar-refractivity contribution in [2.75, 3.05) is 5.32 Å². The second-order valence-corrected chi connectivity index (χ2v) is 11.5. The van der Waals surface area contributed by atoms with E-state index in [4.69, 9.17) is 0 Å². The molecule has 2 aromatic carbocycles. The van der Waals surface area contributed by atoms with Gasteiger partial charge in [0.15, 0.2) is 9.47 Å². The molecule has 2 N–H and O–H groups in total. The van der Waals surface area contributed by atoms with Crippen molar-refractivity contribution in [2.45, 2.75) is 16.5 Å². The van der Waals surface area contributed by atoms with Crippen LogP contribution in [-0.2, 0) is 4.79 Å². The van der Waals surface area contributed by atoms with E-state index in [1.165, 1.54) is 34.4 Å². The Balaban J connectivity index is 1.47. The molecule has 0 bridgehead atoms. The van der Waals surface area contributed by atoms with E-state index in [2.05, 4.69) is 52.1 Å². The third kappa shape index (κ3) is 5.53. The average molecular weight is 598 g/mol. The summed E-state index contributed by atoms with van der Waals surface area (Å²) in [6.45, 7) is 1.85. The van der Waals surface area contributed by atoms with Gasteiger partial charge in [0.2, 0.25) is 5.91 Å². The average Bonchev–Trinajstić information content (AvgIpc) is 3.39. The van der Waals surface area contributed by atoms with Gasteiger partial charge in [0.05, 0.1) is 30.1 Å². The Bertz CT molecular complexity index is 1250. The maximum absolute atomic E-state index is 12.3. The van der Waals surface area contributed by atoms with Crippen molar-refractivity contribution in [1.29, 1.82) is 0 Å². The molecule has 1 unspecified atom stereocenters. The number of thioether (sulfide) groups is 1. The molecule has 31 heavy (non-hydrogen) atoms. The number of rotatable bonds is 6. The van der Waals surface area contributed by atoms with Crippen LogP contribution in [0.1, 0.15) is 12.5 Å². The first-order valence-electron chi connectivity index (χ1n) is 8.89. The molecule has 0 spiro atoms. The van der Waals surface area contributed by atoms with E-state index < -0.39 is 0 Å². The molecule has 6 nitrogen and oxygen atoms in total. The molecule has 0 aliphatic carbocycles. The van der Waals surface area contributed by atoms with E-state index >= 15 is 0 Å². The molecule has 1 amide bonds. The first kappa shape index (κ1) is 22.4. The number of thiazole rings is 2. The van der Waals surface area contributed by atoms with E-state index in [1.54, 1.807) is 24.5 Å². The number of nitrogens with one attached hydrogen (secondary N) is 1. The number of nitrogens with zero attached hydrogens (tertiary/aromatic N) is 3. The van der Waals surface area contributed by atoms with Gasteiger partial charge in [-0.05, 0) is 74.7 Å². The highest BCUT2D eigenvalue weighted by molar-refractivity contribution is 9.11. The Labute approximate surface area is 207 Å². The van der Waals surface area contributed by atoms with Crippen LogP contribution in [0.2, 0.25) is 0 Å². The quantitative estimate of drug-likeness (QED) is 0.187. The third-order valence-electron chi connectivity index (χ3n) is 4.06. The number of aromatic nitrogens is 2. The minimum Gasteiger partial charge on any atom is -0.506 e. The summed E-state index contributed by atoms with van der Waals surface area (Å²) < 4.78 is 3.01. The Morgan fingerprint density at radius 2 is 2.06 bits per heavy atom. The number of fused-ring (bicyclic) bond motifs is 1. The molecular weight excluding hydrogens is 584 g/mol. The highest BCUT2D eigenvalue weighted by atomic mass is 79.9. The molecule has 1 atom stereocenters. The number of aliphatic imine (C=N–C) groups is 1. The van der Waals surface area contributed by atoms with Crippen molar-refractivity contribution in [3.05, 3.63) is 56.4 Å². The second kappa shape index (κ2) is 9.78. The van der Waals surface area contributed by atoms with Gasteiger partial charge in [0.25, 0.3) is 0 Å². The van der Waals surface area contributed by atoms with Crippen LogP contribution in [0, 0.1) is 0 Å². The van der Waals surface area contributed by atoms with Crippen LogP contribution in [0.15, 0.2) is 60.2 Å².